The van der Waals surface area contributed by atoms with Crippen LogP contribution >= 0.6 is 0 Å². The fourth-order valence-electron chi connectivity index (χ4n) is 0.899. The lowest BCUT2D eigenvalue weighted by atomic mass is 10.2. The van der Waals surface area contributed by atoms with Crippen molar-refractivity contribution in [2.75, 3.05) is 13.6 Å². The van der Waals surface area contributed by atoms with Gasteiger partial charge in [-0.2, -0.15) is 0 Å². The first-order chi connectivity index (χ1) is 7.01. The summed E-state index contributed by atoms with van der Waals surface area (Å²) in [6.45, 7) is 6.50. The lowest BCUT2D eigenvalue weighted by Crippen LogP contribution is -2.51. The molecule has 1 atom stereocenters. The first-order valence-corrected chi connectivity index (χ1v) is 4.98. The molecular formula is C9H21N5O. The molecule has 0 radical (unpaired) electrons. The zero-order valence-corrected chi connectivity index (χ0v) is 9.79. The minimum absolute atomic E-state index is 0.0694. The minimum Gasteiger partial charge on any atom is -0.354 e. The number of carbonyl (C=O) groups is 1. The number of rotatable bonds is 4. The highest BCUT2D eigenvalue weighted by Crippen LogP contribution is 1.89. The van der Waals surface area contributed by atoms with Crippen LogP contribution in [0.2, 0.25) is 0 Å². The molecule has 1 unspecified atom stereocenters. The van der Waals surface area contributed by atoms with E-state index in [1.807, 2.05) is 13.8 Å². The van der Waals surface area contributed by atoms with E-state index in [4.69, 9.17) is 5.84 Å². The zero-order chi connectivity index (χ0) is 11.8. The molecule has 5 N–H and O–H groups in total. The van der Waals surface area contributed by atoms with Crippen LogP contribution in [-0.4, -0.2) is 31.5 Å². The number of nitrogens with two attached hydrogens (primary N) is 1. The van der Waals surface area contributed by atoms with E-state index in [9.17, 15) is 4.79 Å². The number of amides is 1. The highest BCUT2D eigenvalue weighted by molar-refractivity contribution is 5.88. The average Bonchev–Trinajstić information content (AvgIpc) is 2.21. The summed E-state index contributed by atoms with van der Waals surface area (Å²) in [6, 6.07) is -0.363. The summed E-state index contributed by atoms with van der Waals surface area (Å²) in [5.74, 6) is 5.94. The fourth-order valence-corrected chi connectivity index (χ4v) is 0.899. The SMILES string of the molecule is CN=C(NN)NC(C)C(=O)NCC(C)C. The molecule has 0 bridgehead atoms. The molecule has 15 heavy (non-hydrogen) atoms. The summed E-state index contributed by atoms with van der Waals surface area (Å²) >= 11 is 0. The number of aliphatic imine (C=N–C) groups is 1. The molecule has 88 valence electrons. The van der Waals surface area contributed by atoms with Crippen molar-refractivity contribution in [2.24, 2.45) is 16.8 Å². The van der Waals surface area contributed by atoms with Crippen molar-refractivity contribution in [3.05, 3.63) is 0 Å². The molecular weight excluding hydrogens is 194 g/mol. The van der Waals surface area contributed by atoms with Crippen LogP contribution in [0.5, 0.6) is 0 Å². The van der Waals surface area contributed by atoms with E-state index in [0.717, 1.165) is 0 Å². The van der Waals surface area contributed by atoms with Gasteiger partial charge in [0.05, 0.1) is 0 Å². The second kappa shape index (κ2) is 7.05. The molecule has 6 heteroatoms. The van der Waals surface area contributed by atoms with Crippen molar-refractivity contribution < 1.29 is 4.79 Å². The highest BCUT2D eigenvalue weighted by atomic mass is 16.2. The smallest absolute Gasteiger partial charge is 0.242 e. The normalized spacial score (nSPS) is 13.6. The Morgan fingerprint density at radius 1 is 1.40 bits per heavy atom. The van der Waals surface area contributed by atoms with Gasteiger partial charge in [-0.3, -0.25) is 15.2 Å². The van der Waals surface area contributed by atoms with Gasteiger partial charge in [-0.25, -0.2) is 5.84 Å². The van der Waals surface area contributed by atoms with Gasteiger partial charge in [-0.15, -0.1) is 0 Å². The Kier molecular flexibility index (Phi) is 6.44. The number of hydrogen-bond donors (Lipinski definition) is 4. The largest absolute Gasteiger partial charge is 0.354 e. The van der Waals surface area contributed by atoms with Gasteiger partial charge < -0.3 is 10.6 Å². The molecule has 0 saturated heterocycles. The molecule has 1 amide bonds. The Balaban J connectivity index is 3.98. The molecule has 0 aliphatic heterocycles. The summed E-state index contributed by atoms with van der Waals surface area (Å²) in [5, 5.41) is 5.65. The summed E-state index contributed by atoms with van der Waals surface area (Å²) in [4.78, 5) is 15.3. The number of carbonyl (C=O) groups excluding carboxylic acids is 1. The van der Waals surface area contributed by atoms with E-state index in [1.165, 1.54) is 0 Å². The number of guanidine groups is 1. The third-order valence-corrected chi connectivity index (χ3v) is 1.79. The quantitative estimate of drug-likeness (QED) is 0.213. The first kappa shape index (κ1) is 13.7. The van der Waals surface area contributed by atoms with Gasteiger partial charge in [0.1, 0.15) is 6.04 Å². The van der Waals surface area contributed by atoms with Gasteiger partial charge in [-0.1, -0.05) is 13.8 Å². The van der Waals surface area contributed by atoms with Crippen molar-refractivity contribution in [1.82, 2.24) is 16.1 Å². The Morgan fingerprint density at radius 2 is 2.00 bits per heavy atom. The Morgan fingerprint density at radius 3 is 2.40 bits per heavy atom. The molecule has 0 heterocycles. The van der Waals surface area contributed by atoms with Crippen LogP contribution in [0.25, 0.3) is 0 Å². The number of hydrogen-bond acceptors (Lipinski definition) is 3. The average molecular weight is 215 g/mol. The highest BCUT2D eigenvalue weighted by Gasteiger charge is 2.13. The van der Waals surface area contributed by atoms with E-state index < -0.39 is 0 Å². The first-order valence-electron chi connectivity index (χ1n) is 4.98. The second-order valence-corrected chi connectivity index (χ2v) is 3.72. The second-order valence-electron chi connectivity index (χ2n) is 3.72. The van der Waals surface area contributed by atoms with E-state index in [0.29, 0.717) is 18.4 Å². The number of hydrazine groups is 1. The Labute approximate surface area is 90.7 Å². The molecule has 0 aromatic carbocycles. The van der Waals surface area contributed by atoms with Crippen molar-refractivity contribution in [1.29, 1.82) is 0 Å². The van der Waals surface area contributed by atoms with Crippen LogP contribution < -0.4 is 21.9 Å². The van der Waals surface area contributed by atoms with Crippen LogP contribution in [-0.2, 0) is 4.79 Å². The maximum absolute atomic E-state index is 11.5. The topological polar surface area (TPSA) is 91.5 Å². The molecule has 0 aromatic rings. The van der Waals surface area contributed by atoms with Gasteiger partial charge in [0, 0.05) is 13.6 Å². The van der Waals surface area contributed by atoms with Crippen molar-refractivity contribution >= 4 is 11.9 Å². The van der Waals surface area contributed by atoms with Gasteiger partial charge in [0.15, 0.2) is 0 Å². The van der Waals surface area contributed by atoms with E-state index >= 15 is 0 Å². The fraction of sp³-hybridized carbons (Fsp3) is 0.778. The Bertz CT molecular complexity index is 227. The molecule has 0 aliphatic carbocycles. The van der Waals surface area contributed by atoms with E-state index in [1.54, 1.807) is 14.0 Å². The molecule has 0 rings (SSSR count). The van der Waals surface area contributed by atoms with E-state index in [-0.39, 0.29) is 11.9 Å². The summed E-state index contributed by atoms with van der Waals surface area (Å²) in [5.41, 5.74) is 2.36. The summed E-state index contributed by atoms with van der Waals surface area (Å²) < 4.78 is 0. The molecule has 0 saturated carbocycles. The van der Waals surface area contributed by atoms with Crippen LogP contribution in [0.1, 0.15) is 20.8 Å². The lowest BCUT2D eigenvalue weighted by molar-refractivity contribution is -0.122. The van der Waals surface area contributed by atoms with Crippen LogP contribution in [0, 0.1) is 5.92 Å². The predicted octanol–water partition coefficient (Wildman–Crippen LogP) is -0.814. The van der Waals surface area contributed by atoms with Crippen LogP contribution in [0.3, 0.4) is 0 Å². The van der Waals surface area contributed by atoms with Crippen molar-refractivity contribution in [2.45, 2.75) is 26.8 Å². The predicted molar refractivity (Wildman–Crippen MR) is 61.1 cm³/mol. The van der Waals surface area contributed by atoms with E-state index in [2.05, 4.69) is 21.1 Å². The monoisotopic (exact) mass is 215 g/mol. The van der Waals surface area contributed by atoms with Crippen LogP contribution in [0.15, 0.2) is 4.99 Å². The Hall–Kier alpha value is -1.30. The standard InChI is InChI=1S/C9H21N5O/c1-6(2)5-12-8(15)7(3)13-9(11-4)14-10/h6-7H,5,10H2,1-4H3,(H,12,15)(H2,11,13,14). The maximum Gasteiger partial charge on any atom is 0.242 e. The summed E-state index contributed by atoms with van der Waals surface area (Å²) in [7, 11) is 1.58. The molecule has 6 nitrogen and oxygen atoms in total. The van der Waals surface area contributed by atoms with Crippen LogP contribution in [0.4, 0.5) is 0 Å². The zero-order valence-electron chi connectivity index (χ0n) is 9.79. The third-order valence-electron chi connectivity index (χ3n) is 1.79. The maximum atomic E-state index is 11.5. The van der Waals surface area contributed by atoms with Gasteiger partial charge in [0.2, 0.25) is 11.9 Å². The van der Waals surface area contributed by atoms with Crippen molar-refractivity contribution in [3.63, 3.8) is 0 Å². The number of nitrogens with one attached hydrogen (secondary N) is 3. The van der Waals surface area contributed by atoms with Gasteiger partial charge in [-0.05, 0) is 12.8 Å². The minimum atomic E-state index is -0.363. The van der Waals surface area contributed by atoms with Gasteiger partial charge >= 0.3 is 0 Å². The van der Waals surface area contributed by atoms with Crippen molar-refractivity contribution in [3.8, 4) is 0 Å². The molecule has 0 fully saturated rings. The molecule has 0 spiro atoms. The lowest BCUT2D eigenvalue weighted by Gasteiger charge is -2.16. The summed E-state index contributed by atoms with van der Waals surface area (Å²) in [6.07, 6.45) is 0. The van der Waals surface area contributed by atoms with Gasteiger partial charge in [0.25, 0.3) is 0 Å². The molecule has 0 aliphatic rings. The third kappa shape index (κ3) is 5.90. The number of nitrogens with zero attached hydrogens (tertiary/aromatic N) is 1. The molecule has 0 aromatic heterocycles.